The van der Waals surface area contributed by atoms with Crippen LogP contribution in [0.15, 0.2) is 52.0 Å². The van der Waals surface area contributed by atoms with Gasteiger partial charge in [0, 0.05) is 22.9 Å². The predicted octanol–water partition coefficient (Wildman–Crippen LogP) is 3.47. The number of nitrogens with one attached hydrogen (secondary N) is 2. The van der Waals surface area contributed by atoms with Crippen LogP contribution in [-0.4, -0.2) is 19.9 Å². The second kappa shape index (κ2) is 6.91. The molecular formula is C14H16BrN3O2S. The largest absolute Gasteiger partial charge is 0.370 e. The summed E-state index contributed by atoms with van der Waals surface area (Å²) in [5.74, 6) is 0.665. The molecule has 1 aromatic carbocycles. The molecule has 21 heavy (non-hydrogen) atoms. The lowest BCUT2D eigenvalue weighted by atomic mass is 10.3. The van der Waals surface area contributed by atoms with Crippen LogP contribution < -0.4 is 10.0 Å². The van der Waals surface area contributed by atoms with E-state index >= 15 is 0 Å². The van der Waals surface area contributed by atoms with E-state index in [0.717, 1.165) is 17.4 Å². The Balaban J connectivity index is 2.15. The summed E-state index contributed by atoms with van der Waals surface area (Å²) in [4.78, 5) is 4.23. The van der Waals surface area contributed by atoms with E-state index in [-0.39, 0.29) is 4.90 Å². The van der Waals surface area contributed by atoms with Crippen molar-refractivity contribution in [2.75, 3.05) is 16.6 Å². The van der Waals surface area contributed by atoms with Gasteiger partial charge >= 0.3 is 0 Å². The number of benzene rings is 1. The van der Waals surface area contributed by atoms with Crippen molar-refractivity contribution >= 4 is 37.5 Å². The standard InChI is InChI=1S/C14H16BrN3O2S/c1-2-8-16-14-7-6-13(10-17-14)21(19,20)18-12-5-3-4-11(15)9-12/h3-7,9-10,18H,2,8H2,1H3,(H,16,17). The first-order valence-corrected chi connectivity index (χ1v) is 8.77. The average molecular weight is 370 g/mol. The molecule has 5 nitrogen and oxygen atoms in total. The molecule has 0 aliphatic heterocycles. The monoisotopic (exact) mass is 369 g/mol. The predicted molar refractivity (Wildman–Crippen MR) is 88.0 cm³/mol. The number of pyridine rings is 1. The van der Waals surface area contributed by atoms with Crippen LogP contribution in [0.2, 0.25) is 0 Å². The number of aromatic nitrogens is 1. The number of hydrogen-bond donors (Lipinski definition) is 2. The van der Waals surface area contributed by atoms with Crippen LogP contribution in [0.4, 0.5) is 11.5 Å². The van der Waals surface area contributed by atoms with E-state index in [1.54, 1.807) is 24.3 Å². The molecule has 0 saturated heterocycles. The van der Waals surface area contributed by atoms with Crippen molar-refractivity contribution in [3.8, 4) is 0 Å². The smallest absolute Gasteiger partial charge is 0.263 e. The minimum absolute atomic E-state index is 0.129. The number of nitrogens with zero attached hydrogens (tertiary/aromatic N) is 1. The van der Waals surface area contributed by atoms with Gasteiger partial charge in [0.2, 0.25) is 0 Å². The molecule has 0 unspecified atom stereocenters. The molecule has 2 rings (SSSR count). The quantitative estimate of drug-likeness (QED) is 0.817. The Bertz CT molecular complexity index is 702. The molecule has 0 amide bonds. The second-order valence-corrected chi connectivity index (χ2v) is 7.02. The van der Waals surface area contributed by atoms with Gasteiger partial charge in [-0.15, -0.1) is 0 Å². The summed E-state index contributed by atoms with van der Waals surface area (Å²) in [5.41, 5.74) is 0.498. The van der Waals surface area contributed by atoms with Crippen molar-refractivity contribution in [3.05, 3.63) is 47.1 Å². The summed E-state index contributed by atoms with van der Waals surface area (Å²) in [6.07, 6.45) is 2.32. The van der Waals surface area contributed by atoms with E-state index in [1.165, 1.54) is 12.3 Å². The molecule has 2 aromatic rings. The number of halogens is 1. The van der Waals surface area contributed by atoms with Crippen molar-refractivity contribution in [2.24, 2.45) is 0 Å². The number of hydrogen-bond acceptors (Lipinski definition) is 4. The first kappa shape index (κ1) is 15.8. The topological polar surface area (TPSA) is 71.1 Å². The third kappa shape index (κ3) is 4.44. The number of anilines is 2. The maximum atomic E-state index is 12.3. The lowest BCUT2D eigenvalue weighted by Crippen LogP contribution is -2.13. The normalized spacial score (nSPS) is 11.1. The fourth-order valence-electron chi connectivity index (χ4n) is 1.66. The molecule has 112 valence electrons. The fourth-order valence-corrected chi connectivity index (χ4v) is 3.06. The molecule has 0 aliphatic rings. The highest BCUT2D eigenvalue weighted by Crippen LogP contribution is 2.20. The van der Waals surface area contributed by atoms with Crippen LogP contribution >= 0.6 is 15.9 Å². The lowest BCUT2D eigenvalue weighted by Gasteiger charge is -2.09. The molecular weight excluding hydrogens is 354 g/mol. The third-order valence-electron chi connectivity index (χ3n) is 2.68. The summed E-state index contributed by atoms with van der Waals surface area (Å²) >= 11 is 3.30. The van der Waals surface area contributed by atoms with E-state index in [9.17, 15) is 8.42 Å². The Kier molecular flexibility index (Phi) is 5.19. The molecule has 1 aromatic heterocycles. The van der Waals surface area contributed by atoms with Gasteiger partial charge in [-0.05, 0) is 36.8 Å². The van der Waals surface area contributed by atoms with E-state index in [0.29, 0.717) is 11.5 Å². The lowest BCUT2D eigenvalue weighted by molar-refractivity contribution is 0.601. The molecule has 0 atom stereocenters. The van der Waals surface area contributed by atoms with Crippen LogP contribution in [0.3, 0.4) is 0 Å². The number of sulfonamides is 1. The second-order valence-electron chi connectivity index (χ2n) is 4.42. The Hall–Kier alpha value is -1.60. The molecule has 0 fully saturated rings. The summed E-state index contributed by atoms with van der Waals surface area (Å²) in [6.45, 7) is 2.85. The van der Waals surface area contributed by atoms with Gasteiger partial charge in [-0.25, -0.2) is 13.4 Å². The zero-order valence-electron chi connectivity index (χ0n) is 11.5. The molecule has 0 bridgehead atoms. The molecule has 0 saturated carbocycles. The van der Waals surface area contributed by atoms with Crippen molar-refractivity contribution in [1.29, 1.82) is 0 Å². The van der Waals surface area contributed by atoms with E-state index in [2.05, 4.69) is 31.0 Å². The number of rotatable bonds is 6. The minimum Gasteiger partial charge on any atom is -0.370 e. The Morgan fingerprint density at radius 3 is 2.67 bits per heavy atom. The zero-order valence-corrected chi connectivity index (χ0v) is 13.9. The molecule has 1 heterocycles. The summed E-state index contributed by atoms with van der Waals surface area (Å²) < 4.78 is 27.8. The third-order valence-corrected chi connectivity index (χ3v) is 4.54. The van der Waals surface area contributed by atoms with Crippen molar-refractivity contribution in [3.63, 3.8) is 0 Å². The van der Waals surface area contributed by atoms with Crippen LogP contribution in [0, 0.1) is 0 Å². The highest BCUT2D eigenvalue weighted by molar-refractivity contribution is 9.10. The van der Waals surface area contributed by atoms with Gasteiger partial charge in [0.05, 0.1) is 0 Å². The van der Waals surface area contributed by atoms with E-state index in [1.807, 2.05) is 13.0 Å². The summed E-state index contributed by atoms with van der Waals surface area (Å²) in [6, 6.07) is 10.2. The Labute approximate surface area is 133 Å². The van der Waals surface area contributed by atoms with Gasteiger partial charge < -0.3 is 5.32 Å². The first-order valence-electron chi connectivity index (χ1n) is 6.49. The fraction of sp³-hybridized carbons (Fsp3) is 0.214. The van der Waals surface area contributed by atoms with Crippen molar-refractivity contribution in [1.82, 2.24) is 4.98 Å². The maximum Gasteiger partial charge on any atom is 0.263 e. The summed E-state index contributed by atoms with van der Waals surface area (Å²) in [5, 5.41) is 3.10. The average Bonchev–Trinajstić information content (AvgIpc) is 2.45. The van der Waals surface area contributed by atoms with Gasteiger partial charge in [-0.3, -0.25) is 4.72 Å². The van der Waals surface area contributed by atoms with Gasteiger partial charge in [0.1, 0.15) is 10.7 Å². The van der Waals surface area contributed by atoms with E-state index in [4.69, 9.17) is 0 Å². The molecule has 0 radical (unpaired) electrons. The molecule has 7 heteroatoms. The van der Waals surface area contributed by atoms with Crippen molar-refractivity contribution < 1.29 is 8.42 Å². The van der Waals surface area contributed by atoms with Gasteiger partial charge in [0.15, 0.2) is 0 Å². The molecule has 0 aliphatic carbocycles. The minimum atomic E-state index is -3.63. The van der Waals surface area contributed by atoms with E-state index < -0.39 is 10.0 Å². The van der Waals surface area contributed by atoms with Crippen molar-refractivity contribution in [2.45, 2.75) is 18.2 Å². The highest BCUT2D eigenvalue weighted by atomic mass is 79.9. The van der Waals surface area contributed by atoms with Gasteiger partial charge in [-0.1, -0.05) is 28.9 Å². The Morgan fingerprint density at radius 2 is 2.05 bits per heavy atom. The molecule has 2 N–H and O–H groups in total. The first-order chi connectivity index (χ1) is 10.0. The van der Waals surface area contributed by atoms with Gasteiger partial charge in [-0.2, -0.15) is 0 Å². The van der Waals surface area contributed by atoms with Crippen LogP contribution in [-0.2, 0) is 10.0 Å². The van der Waals surface area contributed by atoms with Crippen LogP contribution in [0.5, 0.6) is 0 Å². The zero-order chi connectivity index (χ0) is 15.3. The van der Waals surface area contributed by atoms with Gasteiger partial charge in [0.25, 0.3) is 10.0 Å². The van der Waals surface area contributed by atoms with Crippen LogP contribution in [0.25, 0.3) is 0 Å². The summed E-state index contributed by atoms with van der Waals surface area (Å²) in [7, 11) is -3.63. The van der Waals surface area contributed by atoms with Crippen LogP contribution in [0.1, 0.15) is 13.3 Å². The highest BCUT2D eigenvalue weighted by Gasteiger charge is 2.14. The SMILES string of the molecule is CCCNc1ccc(S(=O)(=O)Nc2cccc(Br)c2)cn1. The Morgan fingerprint density at radius 1 is 1.24 bits per heavy atom. The molecule has 0 spiro atoms. The maximum absolute atomic E-state index is 12.3.